The molecule has 0 spiro atoms. The van der Waals surface area contributed by atoms with E-state index in [1.54, 1.807) is 6.92 Å². The van der Waals surface area contributed by atoms with Crippen molar-refractivity contribution in [2.24, 2.45) is 0 Å². The number of carboxylic acid groups (broad SMARTS) is 1. The predicted molar refractivity (Wildman–Crippen MR) is 66.7 cm³/mol. The highest BCUT2D eigenvalue weighted by atomic mass is 16.5. The molecular formula is C13H20N2O3. The SMILES string of the molecule is Cc1nc2c(n1CCOC(C)C(=O)O)CCCC2. The molecule has 0 fully saturated rings. The zero-order chi connectivity index (χ0) is 13.1. The molecule has 0 amide bonds. The first-order valence-corrected chi connectivity index (χ1v) is 6.49. The van der Waals surface area contributed by atoms with Crippen LogP contribution in [0.3, 0.4) is 0 Å². The molecule has 1 aromatic heterocycles. The Bertz CT molecular complexity index is 440. The first-order chi connectivity index (χ1) is 8.59. The third-order valence-corrected chi connectivity index (χ3v) is 3.45. The molecule has 1 unspecified atom stereocenters. The van der Waals surface area contributed by atoms with Crippen molar-refractivity contribution in [2.75, 3.05) is 6.61 Å². The summed E-state index contributed by atoms with van der Waals surface area (Å²) in [4.78, 5) is 15.2. The van der Waals surface area contributed by atoms with Gasteiger partial charge in [0.05, 0.1) is 12.3 Å². The molecule has 1 aliphatic carbocycles. The molecule has 1 heterocycles. The second kappa shape index (κ2) is 5.52. The van der Waals surface area contributed by atoms with E-state index in [-0.39, 0.29) is 0 Å². The second-order valence-electron chi connectivity index (χ2n) is 4.76. The standard InChI is InChI=1S/C13H20N2O3/c1-9(13(16)17)18-8-7-15-10(2)14-11-5-3-4-6-12(11)15/h9H,3-8H2,1-2H3,(H,16,17). The van der Waals surface area contributed by atoms with Crippen LogP contribution in [-0.2, 0) is 28.9 Å². The first kappa shape index (κ1) is 13.1. The van der Waals surface area contributed by atoms with Gasteiger partial charge in [-0.1, -0.05) is 0 Å². The van der Waals surface area contributed by atoms with E-state index in [1.165, 1.54) is 24.2 Å². The van der Waals surface area contributed by atoms with Gasteiger partial charge in [0.15, 0.2) is 6.10 Å². The van der Waals surface area contributed by atoms with Gasteiger partial charge >= 0.3 is 5.97 Å². The van der Waals surface area contributed by atoms with E-state index in [2.05, 4.69) is 9.55 Å². The fourth-order valence-electron chi connectivity index (χ4n) is 2.42. The Balaban J connectivity index is 1.97. The third kappa shape index (κ3) is 2.72. The highest BCUT2D eigenvalue weighted by Crippen LogP contribution is 2.21. The van der Waals surface area contributed by atoms with Crippen molar-refractivity contribution in [3.05, 3.63) is 17.2 Å². The zero-order valence-electron chi connectivity index (χ0n) is 11.0. The van der Waals surface area contributed by atoms with Crippen molar-refractivity contribution in [2.45, 2.75) is 52.2 Å². The summed E-state index contributed by atoms with van der Waals surface area (Å²) in [6.45, 7) is 4.65. The molecule has 0 aliphatic heterocycles. The number of imidazole rings is 1. The van der Waals surface area contributed by atoms with Crippen molar-refractivity contribution < 1.29 is 14.6 Å². The molecule has 1 aromatic rings. The van der Waals surface area contributed by atoms with Gasteiger partial charge in [-0.3, -0.25) is 0 Å². The van der Waals surface area contributed by atoms with Gasteiger partial charge in [-0.25, -0.2) is 9.78 Å². The minimum Gasteiger partial charge on any atom is -0.479 e. The van der Waals surface area contributed by atoms with E-state index in [4.69, 9.17) is 9.84 Å². The fraction of sp³-hybridized carbons (Fsp3) is 0.692. The number of carbonyl (C=O) groups is 1. The van der Waals surface area contributed by atoms with Crippen LogP contribution >= 0.6 is 0 Å². The van der Waals surface area contributed by atoms with Gasteiger partial charge in [0.1, 0.15) is 5.82 Å². The number of hydrogen-bond donors (Lipinski definition) is 1. The smallest absolute Gasteiger partial charge is 0.332 e. The topological polar surface area (TPSA) is 64.4 Å². The van der Waals surface area contributed by atoms with E-state index in [0.29, 0.717) is 13.2 Å². The predicted octanol–water partition coefficient (Wildman–Crippen LogP) is 1.56. The van der Waals surface area contributed by atoms with E-state index in [0.717, 1.165) is 18.7 Å². The lowest BCUT2D eigenvalue weighted by Crippen LogP contribution is -2.22. The number of carboxylic acids is 1. The fourth-order valence-corrected chi connectivity index (χ4v) is 2.42. The van der Waals surface area contributed by atoms with Gasteiger partial charge in [0, 0.05) is 12.2 Å². The van der Waals surface area contributed by atoms with Gasteiger partial charge in [0.25, 0.3) is 0 Å². The summed E-state index contributed by atoms with van der Waals surface area (Å²) in [7, 11) is 0. The number of hydrogen-bond acceptors (Lipinski definition) is 3. The Morgan fingerprint density at radius 3 is 2.94 bits per heavy atom. The first-order valence-electron chi connectivity index (χ1n) is 6.49. The molecule has 0 bridgehead atoms. The van der Waals surface area contributed by atoms with Gasteiger partial charge in [0.2, 0.25) is 0 Å². The number of nitrogens with zero attached hydrogens (tertiary/aromatic N) is 2. The monoisotopic (exact) mass is 252 g/mol. The number of aliphatic carboxylic acids is 1. The summed E-state index contributed by atoms with van der Waals surface area (Å²) >= 11 is 0. The molecule has 0 radical (unpaired) electrons. The van der Waals surface area contributed by atoms with Gasteiger partial charge in [-0.05, 0) is 39.5 Å². The second-order valence-corrected chi connectivity index (χ2v) is 4.76. The van der Waals surface area contributed by atoms with Crippen LogP contribution in [0.1, 0.15) is 37.0 Å². The summed E-state index contributed by atoms with van der Waals surface area (Å²) < 4.78 is 7.44. The highest BCUT2D eigenvalue weighted by molar-refractivity contribution is 5.71. The summed E-state index contributed by atoms with van der Waals surface area (Å²) in [5, 5.41) is 8.74. The van der Waals surface area contributed by atoms with Crippen LogP contribution in [0.15, 0.2) is 0 Å². The molecule has 1 atom stereocenters. The molecule has 0 saturated heterocycles. The van der Waals surface area contributed by atoms with Crippen LogP contribution in [0.5, 0.6) is 0 Å². The largest absolute Gasteiger partial charge is 0.479 e. The summed E-state index contributed by atoms with van der Waals surface area (Å²) in [6.07, 6.45) is 3.82. The van der Waals surface area contributed by atoms with E-state index < -0.39 is 12.1 Å². The van der Waals surface area contributed by atoms with E-state index in [9.17, 15) is 4.79 Å². The Hall–Kier alpha value is -1.36. The van der Waals surface area contributed by atoms with Crippen LogP contribution < -0.4 is 0 Å². The molecule has 1 N–H and O–H groups in total. The van der Waals surface area contributed by atoms with E-state index >= 15 is 0 Å². The van der Waals surface area contributed by atoms with Crippen molar-refractivity contribution in [3.63, 3.8) is 0 Å². The minimum absolute atomic E-state index is 0.414. The normalized spacial score (nSPS) is 16.3. The maximum atomic E-state index is 10.6. The molecule has 18 heavy (non-hydrogen) atoms. The Morgan fingerprint density at radius 2 is 2.22 bits per heavy atom. The summed E-state index contributed by atoms with van der Waals surface area (Å²) in [6, 6.07) is 0. The Morgan fingerprint density at radius 1 is 1.50 bits per heavy atom. The Labute approximate surface area is 107 Å². The molecule has 5 heteroatoms. The van der Waals surface area contributed by atoms with Crippen LogP contribution in [-0.4, -0.2) is 33.3 Å². The molecular weight excluding hydrogens is 232 g/mol. The lowest BCUT2D eigenvalue weighted by atomic mass is 10.0. The maximum Gasteiger partial charge on any atom is 0.332 e. The van der Waals surface area contributed by atoms with Crippen LogP contribution in [0, 0.1) is 6.92 Å². The molecule has 100 valence electrons. The lowest BCUT2D eigenvalue weighted by Gasteiger charge is -2.15. The van der Waals surface area contributed by atoms with Gasteiger partial charge in [-0.15, -0.1) is 0 Å². The minimum atomic E-state index is -0.917. The highest BCUT2D eigenvalue weighted by Gasteiger charge is 2.18. The average molecular weight is 252 g/mol. The molecule has 0 aromatic carbocycles. The average Bonchev–Trinajstić information content (AvgIpc) is 2.65. The number of aryl methyl sites for hydroxylation is 2. The number of aromatic nitrogens is 2. The van der Waals surface area contributed by atoms with Crippen molar-refractivity contribution in [1.29, 1.82) is 0 Å². The number of ether oxygens (including phenoxy) is 1. The third-order valence-electron chi connectivity index (χ3n) is 3.45. The quantitative estimate of drug-likeness (QED) is 0.863. The molecule has 2 rings (SSSR count). The maximum absolute atomic E-state index is 10.6. The van der Waals surface area contributed by atoms with Crippen LogP contribution in [0.2, 0.25) is 0 Å². The number of rotatable bonds is 5. The van der Waals surface area contributed by atoms with Crippen LogP contribution in [0.4, 0.5) is 0 Å². The van der Waals surface area contributed by atoms with Gasteiger partial charge < -0.3 is 14.4 Å². The summed E-state index contributed by atoms with van der Waals surface area (Å²) in [5.74, 6) is 0.0906. The van der Waals surface area contributed by atoms with Crippen LogP contribution in [0.25, 0.3) is 0 Å². The van der Waals surface area contributed by atoms with Crippen molar-refractivity contribution in [3.8, 4) is 0 Å². The zero-order valence-corrected chi connectivity index (χ0v) is 11.0. The summed E-state index contributed by atoms with van der Waals surface area (Å²) in [5.41, 5.74) is 2.52. The lowest BCUT2D eigenvalue weighted by molar-refractivity contribution is -0.149. The van der Waals surface area contributed by atoms with Crippen molar-refractivity contribution in [1.82, 2.24) is 9.55 Å². The van der Waals surface area contributed by atoms with Gasteiger partial charge in [-0.2, -0.15) is 0 Å². The molecule has 1 aliphatic rings. The van der Waals surface area contributed by atoms with Crippen molar-refractivity contribution >= 4 is 5.97 Å². The molecule has 0 saturated carbocycles. The van der Waals surface area contributed by atoms with E-state index in [1.807, 2.05) is 6.92 Å². The molecule has 5 nitrogen and oxygen atoms in total. The number of fused-ring (bicyclic) bond motifs is 1. The Kier molecular flexibility index (Phi) is 4.01.